The molecule has 0 bridgehead atoms. The van der Waals surface area contributed by atoms with Gasteiger partial charge in [-0.05, 0) is 48.7 Å². The summed E-state index contributed by atoms with van der Waals surface area (Å²) in [6, 6.07) is 19.6. The van der Waals surface area contributed by atoms with E-state index in [1.165, 1.54) is 17.8 Å². The number of para-hydroxylation sites is 1. The number of benzene rings is 2. The molecule has 5 rings (SSSR count). The summed E-state index contributed by atoms with van der Waals surface area (Å²) in [6.07, 6.45) is -1.62. The smallest absolute Gasteiger partial charge is 0.416 e. The van der Waals surface area contributed by atoms with Gasteiger partial charge in [0.1, 0.15) is 5.76 Å². The van der Waals surface area contributed by atoms with Crippen LogP contribution in [0.1, 0.15) is 29.7 Å². The van der Waals surface area contributed by atoms with Crippen molar-refractivity contribution in [1.29, 1.82) is 0 Å². The number of halogens is 3. The first-order valence-electron chi connectivity index (χ1n) is 13.5. The van der Waals surface area contributed by atoms with Gasteiger partial charge in [0.15, 0.2) is 0 Å². The molecule has 2 fully saturated rings. The largest absolute Gasteiger partial charge is 0.468 e. The van der Waals surface area contributed by atoms with Crippen LogP contribution < -0.4 is 10.2 Å². The molecule has 0 unspecified atom stereocenters. The van der Waals surface area contributed by atoms with Crippen molar-refractivity contribution in [1.82, 2.24) is 15.1 Å². The Kier molecular flexibility index (Phi) is 8.28. The van der Waals surface area contributed by atoms with E-state index >= 15 is 0 Å². The lowest BCUT2D eigenvalue weighted by molar-refractivity contribution is -0.137. The second kappa shape index (κ2) is 11.8. The van der Waals surface area contributed by atoms with Crippen LogP contribution in [0.2, 0.25) is 0 Å². The fraction of sp³-hybridized carbons (Fsp3) is 0.433. The lowest BCUT2D eigenvalue weighted by atomic mass is 9.72. The average Bonchev–Trinajstić information content (AvgIpc) is 3.47. The SMILES string of the molecule is O=C(CN1CCN(c2ccccc2)CC1)N1CCC(CNCc2ccco2)(c2cccc(C(F)(F)F)c2)CC1. The van der Waals surface area contributed by atoms with Crippen molar-refractivity contribution < 1.29 is 22.4 Å². The first kappa shape index (κ1) is 27.3. The summed E-state index contributed by atoms with van der Waals surface area (Å²) < 4.78 is 46.0. The number of nitrogens with one attached hydrogen (secondary N) is 1. The number of rotatable bonds is 8. The molecule has 0 saturated carbocycles. The Labute approximate surface area is 227 Å². The Morgan fingerprint density at radius 1 is 0.897 bits per heavy atom. The van der Waals surface area contributed by atoms with Gasteiger partial charge in [-0.25, -0.2) is 0 Å². The first-order chi connectivity index (χ1) is 18.8. The Morgan fingerprint density at radius 2 is 1.64 bits per heavy atom. The van der Waals surface area contributed by atoms with Crippen LogP contribution in [0.4, 0.5) is 18.9 Å². The molecule has 2 aromatic carbocycles. The fourth-order valence-electron chi connectivity index (χ4n) is 5.71. The molecule has 3 heterocycles. The van der Waals surface area contributed by atoms with Crippen LogP contribution in [-0.4, -0.2) is 68.1 Å². The number of furan rings is 1. The lowest BCUT2D eigenvalue weighted by Crippen LogP contribution is -2.53. The number of likely N-dealkylation sites (tertiary alicyclic amines) is 1. The van der Waals surface area contributed by atoms with E-state index in [2.05, 4.69) is 27.2 Å². The van der Waals surface area contributed by atoms with Crippen molar-refractivity contribution in [3.8, 4) is 0 Å². The maximum Gasteiger partial charge on any atom is 0.416 e. The Morgan fingerprint density at radius 3 is 2.31 bits per heavy atom. The maximum absolute atomic E-state index is 13.5. The van der Waals surface area contributed by atoms with Crippen molar-refractivity contribution >= 4 is 11.6 Å². The van der Waals surface area contributed by atoms with Crippen LogP contribution in [0.5, 0.6) is 0 Å². The number of piperidine rings is 1. The highest BCUT2D eigenvalue weighted by Crippen LogP contribution is 2.38. The number of piperazine rings is 1. The highest BCUT2D eigenvalue weighted by molar-refractivity contribution is 5.78. The summed E-state index contributed by atoms with van der Waals surface area (Å²) in [5, 5.41) is 3.39. The Bertz CT molecular complexity index is 1200. The molecule has 0 aliphatic carbocycles. The molecule has 0 radical (unpaired) electrons. The third-order valence-corrected chi connectivity index (χ3v) is 8.07. The molecule has 2 aliphatic rings. The van der Waals surface area contributed by atoms with Gasteiger partial charge in [-0.3, -0.25) is 9.69 Å². The van der Waals surface area contributed by atoms with Crippen molar-refractivity contribution in [2.24, 2.45) is 0 Å². The number of nitrogens with zero attached hydrogens (tertiary/aromatic N) is 3. The zero-order valence-electron chi connectivity index (χ0n) is 22.0. The molecule has 1 amide bonds. The predicted molar refractivity (Wildman–Crippen MR) is 144 cm³/mol. The van der Waals surface area contributed by atoms with Crippen molar-refractivity contribution in [3.05, 3.63) is 89.9 Å². The van der Waals surface area contributed by atoms with E-state index in [-0.39, 0.29) is 5.91 Å². The number of carbonyl (C=O) groups is 1. The van der Waals surface area contributed by atoms with E-state index in [0.29, 0.717) is 51.1 Å². The van der Waals surface area contributed by atoms with E-state index in [0.717, 1.165) is 38.0 Å². The lowest BCUT2D eigenvalue weighted by Gasteiger charge is -2.43. The second-order valence-electron chi connectivity index (χ2n) is 10.5. The second-order valence-corrected chi connectivity index (χ2v) is 10.5. The third kappa shape index (κ3) is 6.65. The molecule has 208 valence electrons. The van der Waals surface area contributed by atoms with Gasteiger partial charge in [-0.1, -0.05) is 36.4 Å². The van der Waals surface area contributed by atoms with Gasteiger partial charge >= 0.3 is 6.18 Å². The minimum Gasteiger partial charge on any atom is -0.468 e. The molecule has 0 spiro atoms. The van der Waals surface area contributed by atoms with Gasteiger partial charge in [0, 0.05) is 56.9 Å². The van der Waals surface area contributed by atoms with E-state index in [1.54, 1.807) is 12.3 Å². The predicted octanol–water partition coefficient (Wildman–Crippen LogP) is 4.77. The van der Waals surface area contributed by atoms with Crippen molar-refractivity contribution in [3.63, 3.8) is 0 Å². The number of hydrogen-bond acceptors (Lipinski definition) is 5. The van der Waals surface area contributed by atoms with Crippen LogP contribution in [0.25, 0.3) is 0 Å². The molecule has 6 nitrogen and oxygen atoms in total. The number of hydrogen-bond donors (Lipinski definition) is 1. The van der Waals surface area contributed by atoms with Crippen molar-refractivity contribution in [2.75, 3.05) is 57.3 Å². The molecular weight excluding hydrogens is 505 g/mol. The fourth-order valence-corrected chi connectivity index (χ4v) is 5.71. The molecule has 1 aromatic heterocycles. The topological polar surface area (TPSA) is 52.0 Å². The normalized spacial score (nSPS) is 18.3. The number of amides is 1. The summed E-state index contributed by atoms with van der Waals surface area (Å²) in [5.41, 5.74) is 0.712. The van der Waals surface area contributed by atoms with Crippen LogP contribution in [-0.2, 0) is 22.9 Å². The molecule has 2 saturated heterocycles. The maximum atomic E-state index is 13.5. The first-order valence-corrected chi connectivity index (χ1v) is 13.5. The van der Waals surface area contributed by atoms with Gasteiger partial charge in [-0.15, -0.1) is 0 Å². The summed E-state index contributed by atoms with van der Waals surface area (Å²) in [7, 11) is 0. The molecule has 1 N–H and O–H groups in total. The highest BCUT2D eigenvalue weighted by atomic mass is 19.4. The summed E-state index contributed by atoms with van der Waals surface area (Å²) in [4.78, 5) is 19.6. The molecule has 9 heteroatoms. The molecule has 39 heavy (non-hydrogen) atoms. The van der Waals surface area contributed by atoms with Gasteiger partial charge in [0.05, 0.1) is 24.9 Å². The number of alkyl halides is 3. The van der Waals surface area contributed by atoms with Crippen molar-refractivity contribution in [2.45, 2.75) is 31.0 Å². The summed E-state index contributed by atoms with van der Waals surface area (Å²) in [6.45, 7) is 5.77. The summed E-state index contributed by atoms with van der Waals surface area (Å²) in [5.74, 6) is 0.860. The van der Waals surface area contributed by atoms with E-state index in [9.17, 15) is 18.0 Å². The van der Waals surface area contributed by atoms with Gasteiger partial charge < -0.3 is 19.5 Å². The van der Waals surface area contributed by atoms with Crippen LogP contribution in [0.3, 0.4) is 0 Å². The minimum absolute atomic E-state index is 0.0874. The third-order valence-electron chi connectivity index (χ3n) is 8.07. The van der Waals surface area contributed by atoms with Gasteiger partial charge in [0.2, 0.25) is 5.91 Å². The molecule has 0 atom stereocenters. The van der Waals surface area contributed by atoms with Crippen LogP contribution in [0.15, 0.2) is 77.4 Å². The van der Waals surface area contributed by atoms with E-state index in [1.807, 2.05) is 35.2 Å². The zero-order chi connectivity index (χ0) is 27.3. The van der Waals surface area contributed by atoms with Crippen LogP contribution >= 0.6 is 0 Å². The monoisotopic (exact) mass is 540 g/mol. The van der Waals surface area contributed by atoms with Gasteiger partial charge in [0.25, 0.3) is 0 Å². The van der Waals surface area contributed by atoms with Crippen LogP contribution in [0, 0.1) is 0 Å². The number of carbonyl (C=O) groups excluding carboxylic acids is 1. The van der Waals surface area contributed by atoms with Gasteiger partial charge in [-0.2, -0.15) is 13.2 Å². The summed E-state index contributed by atoms with van der Waals surface area (Å²) >= 11 is 0. The van der Waals surface area contributed by atoms with E-state index in [4.69, 9.17) is 4.42 Å². The molecule has 2 aliphatic heterocycles. The standard InChI is InChI=1S/C30H35F3N4O2/c31-30(32,33)25-7-4-6-24(20-25)29(23-34-21-27-10-5-19-39-27)11-13-37(14-12-29)28(38)22-35-15-17-36(18-16-35)26-8-2-1-3-9-26/h1-10,19-20,34H,11-18,21-23H2. The van der Waals surface area contributed by atoms with E-state index < -0.39 is 17.2 Å². The average molecular weight is 541 g/mol. The molecular formula is C30H35F3N4O2. The highest BCUT2D eigenvalue weighted by Gasteiger charge is 2.39. The quantitative estimate of drug-likeness (QED) is 0.446. The Balaban J connectivity index is 1.20. The minimum atomic E-state index is -4.40. The Hall–Kier alpha value is -3.30. The molecule has 3 aromatic rings. The zero-order valence-corrected chi connectivity index (χ0v) is 22.0. The number of anilines is 1.